The molecule has 1 aromatic rings. The Bertz CT molecular complexity index is 899. The Balaban J connectivity index is 1.92. The topological polar surface area (TPSA) is 18.5 Å². The van der Waals surface area contributed by atoms with E-state index < -0.39 is 8.32 Å². The predicted octanol–water partition coefficient (Wildman–Crippen LogP) is 11.1. The van der Waals surface area contributed by atoms with Crippen molar-refractivity contribution in [3.8, 4) is 11.5 Å². The number of hydrogen-bond donors (Lipinski definition) is 0. The number of benzene rings is 1. The molecule has 0 fully saturated rings. The number of fused-ring (bicyclic) bond motifs is 1. The summed E-state index contributed by atoms with van der Waals surface area (Å²) in [6.07, 6.45) is 14.0. The average Bonchev–Trinajstić information content (AvgIpc) is 2.76. The second-order valence-corrected chi connectivity index (χ2v) is 19.9. The Kier molecular flexibility index (Phi) is 11.8. The Morgan fingerprint density at radius 2 is 1.62 bits per heavy atom. The molecule has 2 nitrogen and oxygen atoms in total. The van der Waals surface area contributed by atoms with Crippen LogP contribution in [0.15, 0.2) is 23.1 Å². The largest absolute Gasteiger partial charge is 0.543 e. The van der Waals surface area contributed by atoms with Crippen LogP contribution in [0.1, 0.15) is 111 Å². The van der Waals surface area contributed by atoms with Gasteiger partial charge in [-0.1, -0.05) is 93.1 Å². The van der Waals surface area contributed by atoms with Crippen molar-refractivity contribution in [3.05, 3.63) is 29.3 Å². The van der Waals surface area contributed by atoms with Gasteiger partial charge in [-0.3, -0.25) is 0 Å². The third-order valence-electron chi connectivity index (χ3n) is 8.51. The van der Waals surface area contributed by atoms with E-state index in [2.05, 4.69) is 101 Å². The molecule has 0 saturated heterocycles. The van der Waals surface area contributed by atoms with Crippen LogP contribution in [0.25, 0.3) is 0 Å². The van der Waals surface area contributed by atoms with Gasteiger partial charge < -0.3 is 9.16 Å². The standard InChI is InChI=1S/C33H58O2SSi/c1-24(2)16-13-17-25(3)18-14-19-26(4)20-15-21-33(10)23-36-31-28(6)29(22-27(5)30(31)34-33)35-37(11,12)32(7,8)9/h15,21-22,24-26H,13-14,16-20,23H2,1-12H3/b21-15+/t25-,26-,33?/m1/s1. The van der Waals surface area contributed by atoms with E-state index in [4.69, 9.17) is 9.16 Å². The number of rotatable bonds is 13. The van der Waals surface area contributed by atoms with Crippen LogP contribution >= 0.6 is 11.8 Å². The first-order valence-corrected chi connectivity index (χ1v) is 18.8. The lowest BCUT2D eigenvalue weighted by atomic mass is 9.92. The second-order valence-electron chi connectivity index (χ2n) is 14.1. The van der Waals surface area contributed by atoms with Gasteiger partial charge >= 0.3 is 0 Å². The number of allylic oxidation sites excluding steroid dienone is 1. The van der Waals surface area contributed by atoms with E-state index >= 15 is 0 Å². The zero-order valence-corrected chi connectivity index (χ0v) is 28.2. The summed E-state index contributed by atoms with van der Waals surface area (Å²) in [5.74, 6) is 5.46. The molecular weight excluding hydrogens is 489 g/mol. The molecule has 0 saturated carbocycles. The van der Waals surface area contributed by atoms with Crippen LogP contribution in [0.2, 0.25) is 18.1 Å². The molecule has 0 spiro atoms. The monoisotopic (exact) mass is 546 g/mol. The number of thioether (sulfide) groups is 1. The average molecular weight is 547 g/mol. The van der Waals surface area contributed by atoms with Crippen LogP contribution in [0.4, 0.5) is 0 Å². The molecule has 212 valence electrons. The van der Waals surface area contributed by atoms with Gasteiger partial charge in [0.25, 0.3) is 0 Å². The third kappa shape index (κ3) is 9.67. The molecule has 3 atom stereocenters. The number of ether oxygens (including phenoxy) is 1. The molecular formula is C33H58O2SSi. The highest BCUT2D eigenvalue weighted by Gasteiger charge is 2.40. The first kappa shape index (κ1) is 32.3. The van der Waals surface area contributed by atoms with Gasteiger partial charge in [0.1, 0.15) is 17.1 Å². The molecule has 0 aliphatic carbocycles. The van der Waals surface area contributed by atoms with Crippen LogP contribution < -0.4 is 9.16 Å². The molecule has 1 aliphatic rings. The molecule has 0 bridgehead atoms. The molecule has 4 heteroatoms. The van der Waals surface area contributed by atoms with E-state index in [0.29, 0.717) is 0 Å². The summed E-state index contributed by atoms with van der Waals surface area (Å²) in [7, 11) is -1.89. The van der Waals surface area contributed by atoms with Crippen LogP contribution in [0.5, 0.6) is 11.5 Å². The van der Waals surface area contributed by atoms with Crippen molar-refractivity contribution in [2.24, 2.45) is 17.8 Å². The zero-order valence-electron chi connectivity index (χ0n) is 26.3. The summed E-state index contributed by atoms with van der Waals surface area (Å²) in [5.41, 5.74) is 2.15. The lowest BCUT2D eigenvalue weighted by Crippen LogP contribution is -2.44. The minimum absolute atomic E-state index is 0.180. The van der Waals surface area contributed by atoms with Gasteiger partial charge in [0.05, 0.1) is 4.90 Å². The van der Waals surface area contributed by atoms with Crippen LogP contribution in [0, 0.1) is 31.6 Å². The van der Waals surface area contributed by atoms with Crippen molar-refractivity contribution in [1.29, 1.82) is 0 Å². The van der Waals surface area contributed by atoms with E-state index in [1.807, 2.05) is 11.8 Å². The van der Waals surface area contributed by atoms with E-state index in [-0.39, 0.29) is 10.6 Å². The van der Waals surface area contributed by atoms with Gasteiger partial charge in [-0.25, -0.2) is 0 Å². The zero-order chi connectivity index (χ0) is 28.0. The first-order valence-electron chi connectivity index (χ1n) is 14.9. The maximum atomic E-state index is 6.72. The summed E-state index contributed by atoms with van der Waals surface area (Å²) >= 11 is 1.93. The fourth-order valence-electron chi connectivity index (χ4n) is 4.73. The fraction of sp³-hybridized carbons (Fsp3) is 0.758. The molecule has 0 radical (unpaired) electrons. The summed E-state index contributed by atoms with van der Waals surface area (Å²) in [4.78, 5) is 1.26. The lowest BCUT2D eigenvalue weighted by molar-refractivity contribution is 0.155. The van der Waals surface area contributed by atoms with Gasteiger partial charge in [-0.15, -0.1) is 11.8 Å². The molecule has 0 N–H and O–H groups in total. The van der Waals surface area contributed by atoms with Crippen molar-refractivity contribution in [3.63, 3.8) is 0 Å². The molecule has 1 aromatic carbocycles. The van der Waals surface area contributed by atoms with E-state index in [1.54, 1.807) is 0 Å². The Morgan fingerprint density at radius 1 is 1.03 bits per heavy atom. The predicted molar refractivity (Wildman–Crippen MR) is 168 cm³/mol. The summed E-state index contributed by atoms with van der Waals surface area (Å²) in [6.45, 7) is 27.6. The Hall–Kier alpha value is -0.873. The lowest BCUT2D eigenvalue weighted by Gasteiger charge is -2.39. The van der Waals surface area contributed by atoms with Gasteiger partial charge in [-0.05, 0) is 80.8 Å². The second kappa shape index (κ2) is 13.5. The van der Waals surface area contributed by atoms with Crippen molar-refractivity contribution < 1.29 is 9.16 Å². The molecule has 2 rings (SSSR count). The summed E-state index contributed by atoms with van der Waals surface area (Å²) in [6, 6.07) is 2.20. The van der Waals surface area contributed by atoms with Crippen molar-refractivity contribution in [1.82, 2.24) is 0 Å². The summed E-state index contributed by atoms with van der Waals surface area (Å²) in [5, 5.41) is 0.180. The minimum atomic E-state index is -1.89. The van der Waals surface area contributed by atoms with Crippen molar-refractivity contribution >= 4 is 20.1 Å². The van der Waals surface area contributed by atoms with E-state index in [0.717, 1.165) is 41.4 Å². The van der Waals surface area contributed by atoms with E-state index in [9.17, 15) is 0 Å². The summed E-state index contributed by atoms with van der Waals surface area (Å²) < 4.78 is 13.4. The first-order chi connectivity index (χ1) is 17.0. The number of aryl methyl sites for hydroxylation is 1. The van der Waals surface area contributed by atoms with Gasteiger partial charge in [0, 0.05) is 11.3 Å². The maximum Gasteiger partial charge on any atom is 0.250 e. The molecule has 1 heterocycles. The third-order valence-corrected chi connectivity index (χ3v) is 14.4. The molecule has 0 amide bonds. The van der Waals surface area contributed by atoms with Gasteiger partial charge in [0.15, 0.2) is 0 Å². The highest BCUT2D eigenvalue weighted by molar-refractivity contribution is 7.99. The van der Waals surface area contributed by atoms with Gasteiger partial charge in [-0.2, -0.15) is 0 Å². The molecule has 1 aliphatic heterocycles. The smallest absolute Gasteiger partial charge is 0.250 e. The molecule has 0 aromatic heterocycles. The molecule has 1 unspecified atom stereocenters. The van der Waals surface area contributed by atoms with Crippen LogP contribution in [0.3, 0.4) is 0 Å². The van der Waals surface area contributed by atoms with Crippen molar-refractivity contribution in [2.75, 3.05) is 5.75 Å². The van der Waals surface area contributed by atoms with Crippen LogP contribution in [-0.2, 0) is 0 Å². The fourth-order valence-corrected chi connectivity index (χ4v) is 7.03. The maximum absolute atomic E-state index is 6.72. The highest BCUT2D eigenvalue weighted by Crippen LogP contribution is 2.48. The van der Waals surface area contributed by atoms with Crippen molar-refractivity contribution in [2.45, 2.75) is 143 Å². The van der Waals surface area contributed by atoms with Gasteiger partial charge in [0.2, 0.25) is 8.32 Å². The molecule has 37 heavy (non-hydrogen) atoms. The minimum Gasteiger partial charge on any atom is -0.543 e. The Morgan fingerprint density at radius 3 is 2.22 bits per heavy atom. The Labute approximate surface area is 235 Å². The SMILES string of the molecule is Cc1cc(O[Si](C)(C)C(C)(C)C)c(C)c2c1OC(C)(/C=C/C[C@H](C)CCC[C@H](C)CCCC(C)C)CS2. The van der Waals surface area contributed by atoms with E-state index in [1.165, 1.54) is 54.5 Å². The van der Waals surface area contributed by atoms with Crippen LogP contribution in [-0.4, -0.2) is 19.7 Å². The highest BCUT2D eigenvalue weighted by atomic mass is 32.2. The quantitative estimate of drug-likeness (QED) is 0.181. The number of hydrogen-bond acceptors (Lipinski definition) is 3. The normalized spacial score (nSPS) is 20.1.